The Labute approximate surface area is 113 Å². The van der Waals surface area contributed by atoms with Gasteiger partial charge < -0.3 is 10.4 Å². The van der Waals surface area contributed by atoms with Crippen LogP contribution in [-0.4, -0.2) is 27.1 Å². The van der Waals surface area contributed by atoms with Crippen molar-refractivity contribution < 1.29 is 9.90 Å². The average molecular weight is 286 g/mol. The first-order valence-corrected chi connectivity index (χ1v) is 5.83. The molecule has 1 atom stereocenters. The van der Waals surface area contributed by atoms with Crippen molar-refractivity contribution in [1.29, 1.82) is 0 Å². The zero-order chi connectivity index (χ0) is 13.3. The minimum atomic E-state index is -0.977. The fourth-order valence-corrected chi connectivity index (χ4v) is 2.02. The number of hydrogen-bond donors (Lipinski definition) is 2. The van der Waals surface area contributed by atoms with Crippen LogP contribution in [0, 0.1) is 0 Å². The molecule has 0 radical (unpaired) electrons. The lowest BCUT2D eigenvalue weighted by Gasteiger charge is -2.12. The molecule has 0 saturated carbocycles. The largest absolute Gasteiger partial charge is 0.480 e. The van der Waals surface area contributed by atoms with Crippen molar-refractivity contribution in [3.05, 3.63) is 28.5 Å². The van der Waals surface area contributed by atoms with E-state index >= 15 is 0 Å². The van der Waals surface area contributed by atoms with E-state index in [1.807, 2.05) is 0 Å². The molecule has 1 aromatic heterocycles. The molecule has 2 aromatic rings. The summed E-state index contributed by atoms with van der Waals surface area (Å²) in [6.07, 6.45) is 1.32. The molecule has 7 heteroatoms. The van der Waals surface area contributed by atoms with Crippen molar-refractivity contribution in [2.24, 2.45) is 0 Å². The van der Waals surface area contributed by atoms with Crippen molar-refractivity contribution in [2.45, 2.75) is 13.0 Å². The van der Waals surface area contributed by atoms with E-state index in [1.54, 1.807) is 12.1 Å². The highest BCUT2D eigenvalue weighted by Crippen LogP contribution is 2.29. The summed E-state index contributed by atoms with van der Waals surface area (Å²) in [6, 6.07) is 2.43. The Morgan fingerprint density at radius 1 is 1.39 bits per heavy atom. The van der Waals surface area contributed by atoms with Crippen LogP contribution in [0.4, 0.5) is 5.82 Å². The normalized spacial score (nSPS) is 12.4. The van der Waals surface area contributed by atoms with Crippen LogP contribution in [-0.2, 0) is 4.79 Å². The molecule has 94 valence electrons. The van der Waals surface area contributed by atoms with Gasteiger partial charge in [-0.3, -0.25) is 4.79 Å². The molecular weight excluding hydrogens is 277 g/mol. The first-order valence-electron chi connectivity index (χ1n) is 5.08. The van der Waals surface area contributed by atoms with Gasteiger partial charge >= 0.3 is 5.97 Å². The van der Waals surface area contributed by atoms with Gasteiger partial charge in [0.1, 0.15) is 18.2 Å². The van der Waals surface area contributed by atoms with Gasteiger partial charge in [-0.2, -0.15) is 0 Å². The van der Waals surface area contributed by atoms with Gasteiger partial charge in [0.05, 0.1) is 10.5 Å². The number of carboxylic acids is 1. The predicted molar refractivity (Wildman–Crippen MR) is 70.3 cm³/mol. The minimum absolute atomic E-state index is 0.388. The highest BCUT2D eigenvalue weighted by Gasteiger charge is 2.14. The lowest BCUT2D eigenvalue weighted by Crippen LogP contribution is -2.26. The van der Waals surface area contributed by atoms with Gasteiger partial charge in [0.25, 0.3) is 0 Å². The second-order valence-electron chi connectivity index (χ2n) is 3.71. The first kappa shape index (κ1) is 12.9. The van der Waals surface area contributed by atoms with E-state index in [4.69, 9.17) is 28.3 Å². The number of hydrogen-bond acceptors (Lipinski definition) is 4. The molecule has 2 rings (SSSR count). The molecule has 0 aliphatic rings. The van der Waals surface area contributed by atoms with Crippen LogP contribution < -0.4 is 5.32 Å². The number of carbonyl (C=O) groups is 1. The Hall–Kier alpha value is -1.59. The predicted octanol–water partition coefficient (Wildman–Crippen LogP) is 2.82. The van der Waals surface area contributed by atoms with Crippen molar-refractivity contribution >= 4 is 45.9 Å². The van der Waals surface area contributed by atoms with Crippen molar-refractivity contribution in [3.8, 4) is 0 Å². The molecule has 0 amide bonds. The fourth-order valence-electron chi connectivity index (χ4n) is 1.47. The highest BCUT2D eigenvalue weighted by molar-refractivity contribution is 6.38. The Morgan fingerprint density at radius 2 is 2.11 bits per heavy atom. The molecule has 0 aliphatic carbocycles. The van der Waals surface area contributed by atoms with Crippen LogP contribution in [0.5, 0.6) is 0 Å². The summed E-state index contributed by atoms with van der Waals surface area (Å²) < 4.78 is 0. The molecule has 5 nitrogen and oxygen atoms in total. The van der Waals surface area contributed by atoms with Gasteiger partial charge in [0, 0.05) is 10.4 Å². The van der Waals surface area contributed by atoms with Crippen molar-refractivity contribution in [2.75, 3.05) is 5.32 Å². The third-order valence-electron chi connectivity index (χ3n) is 2.38. The average Bonchev–Trinajstić information content (AvgIpc) is 2.29. The second-order valence-corrected chi connectivity index (χ2v) is 4.55. The van der Waals surface area contributed by atoms with E-state index in [1.165, 1.54) is 13.3 Å². The summed E-state index contributed by atoms with van der Waals surface area (Å²) in [5.41, 5.74) is 0.524. The van der Waals surface area contributed by atoms with Crippen molar-refractivity contribution in [3.63, 3.8) is 0 Å². The smallest absolute Gasteiger partial charge is 0.325 e. The molecule has 0 aliphatic heterocycles. The quantitative estimate of drug-likeness (QED) is 0.907. The maximum absolute atomic E-state index is 10.8. The molecule has 18 heavy (non-hydrogen) atoms. The number of nitrogens with zero attached hydrogens (tertiary/aromatic N) is 2. The van der Waals surface area contributed by atoms with Gasteiger partial charge in [-0.15, -0.1) is 0 Å². The lowest BCUT2D eigenvalue weighted by molar-refractivity contribution is -0.137. The highest BCUT2D eigenvalue weighted by atomic mass is 35.5. The third-order valence-corrected chi connectivity index (χ3v) is 2.89. The zero-order valence-corrected chi connectivity index (χ0v) is 10.8. The standard InChI is InChI=1S/C11H9Cl2N3O2/c1-5(11(17)18)16-10-7-2-6(12)3-8(13)9(7)14-4-15-10/h2-5H,1H3,(H,17,18)(H,14,15,16)/t5-/m1/s1. The number of benzene rings is 1. The molecular formula is C11H9Cl2N3O2. The molecule has 0 bridgehead atoms. The molecule has 1 aromatic carbocycles. The van der Waals surface area contributed by atoms with Gasteiger partial charge in [0.15, 0.2) is 0 Å². The van der Waals surface area contributed by atoms with Gasteiger partial charge in [0.2, 0.25) is 0 Å². The third kappa shape index (κ3) is 2.47. The number of aromatic nitrogens is 2. The zero-order valence-electron chi connectivity index (χ0n) is 9.32. The summed E-state index contributed by atoms with van der Waals surface area (Å²) in [5, 5.41) is 13.1. The topological polar surface area (TPSA) is 75.1 Å². The monoisotopic (exact) mass is 285 g/mol. The van der Waals surface area contributed by atoms with Crippen LogP contribution >= 0.6 is 23.2 Å². The van der Waals surface area contributed by atoms with E-state index < -0.39 is 12.0 Å². The number of fused-ring (bicyclic) bond motifs is 1. The number of halogens is 2. The molecule has 0 unspecified atom stereocenters. The maximum atomic E-state index is 10.8. The fraction of sp³-hybridized carbons (Fsp3) is 0.182. The van der Waals surface area contributed by atoms with E-state index in [0.717, 1.165) is 0 Å². The number of aliphatic carboxylic acids is 1. The maximum Gasteiger partial charge on any atom is 0.325 e. The van der Waals surface area contributed by atoms with E-state index in [2.05, 4.69) is 15.3 Å². The van der Waals surface area contributed by atoms with Gasteiger partial charge in [-0.05, 0) is 19.1 Å². The summed E-state index contributed by atoms with van der Waals surface area (Å²) >= 11 is 11.9. The van der Waals surface area contributed by atoms with Gasteiger partial charge in [-0.25, -0.2) is 9.97 Å². The summed E-state index contributed by atoms with van der Waals surface area (Å²) in [7, 11) is 0. The number of rotatable bonds is 3. The number of nitrogens with one attached hydrogen (secondary N) is 1. The Kier molecular flexibility index (Phi) is 3.54. The van der Waals surface area contributed by atoms with E-state index in [0.29, 0.717) is 26.8 Å². The molecule has 0 saturated heterocycles. The number of anilines is 1. The van der Waals surface area contributed by atoms with Crippen LogP contribution in [0.15, 0.2) is 18.5 Å². The molecule has 0 spiro atoms. The van der Waals surface area contributed by atoms with Crippen LogP contribution in [0.25, 0.3) is 10.9 Å². The van der Waals surface area contributed by atoms with Crippen LogP contribution in [0.2, 0.25) is 10.0 Å². The Morgan fingerprint density at radius 3 is 2.78 bits per heavy atom. The SMILES string of the molecule is C[C@@H](Nc1ncnc2c(Cl)cc(Cl)cc12)C(=O)O. The summed E-state index contributed by atoms with van der Waals surface area (Å²) in [4.78, 5) is 18.9. The summed E-state index contributed by atoms with van der Waals surface area (Å²) in [6.45, 7) is 1.52. The first-order chi connectivity index (χ1) is 8.49. The number of carboxylic acid groups (broad SMARTS) is 1. The molecule has 1 heterocycles. The molecule has 2 N–H and O–H groups in total. The lowest BCUT2D eigenvalue weighted by atomic mass is 10.2. The van der Waals surface area contributed by atoms with E-state index in [-0.39, 0.29) is 0 Å². The van der Waals surface area contributed by atoms with Gasteiger partial charge in [-0.1, -0.05) is 23.2 Å². The second kappa shape index (κ2) is 4.96. The van der Waals surface area contributed by atoms with E-state index in [9.17, 15) is 4.79 Å². The molecule has 0 fully saturated rings. The van der Waals surface area contributed by atoms with Crippen LogP contribution in [0.1, 0.15) is 6.92 Å². The summed E-state index contributed by atoms with van der Waals surface area (Å²) in [5.74, 6) is -0.589. The Bertz CT molecular complexity index is 619. The van der Waals surface area contributed by atoms with Crippen molar-refractivity contribution in [1.82, 2.24) is 9.97 Å². The minimum Gasteiger partial charge on any atom is -0.480 e. The van der Waals surface area contributed by atoms with Crippen LogP contribution in [0.3, 0.4) is 0 Å². The Balaban J connectivity index is 2.54.